The Bertz CT molecular complexity index is 457. The first kappa shape index (κ1) is 11.0. The van der Waals surface area contributed by atoms with E-state index in [2.05, 4.69) is 12.2 Å². The molecule has 0 radical (unpaired) electrons. The Hall–Kier alpha value is -1.13. The van der Waals surface area contributed by atoms with E-state index in [-0.39, 0.29) is 17.3 Å². The first-order valence-corrected chi connectivity index (χ1v) is 6.00. The normalized spacial score (nSPS) is 36.6. The highest BCUT2D eigenvalue weighted by Gasteiger charge is 2.54. The summed E-state index contributed by atoms with van der Waals surface area (Å²) in [5, 5.41) is 13.7. The maximum atomic E-state index is 13.8. The minimum atomic E-state index is -0.812. The van der Waals surface area contributed by atoms with Crippen molar-refractivity contribution in [1.82, 2.24) is 5.32 Å². The van der Waals surface area contributed by atoms with E-state index < -0.39 is 11.9 Å². The number of anilines is 1. The molecule has 2 atom stereocenters. The molecule has 2 bridgehead atoms. The van der Waals surface area contributed by atoms with Crippen LogP contribution in [0.3, 0.4) is 0 Å². The van der Waals surface area contributed by atoms with Crippen LogP contribution in [0.1, 0.15) is 31.4 Å². The van der Waals surface area contributed by atoms with E-state index in [0.717, 1.165) is 12.8 Å². The number of benzene rings is 1. The third-order valence-electron chi connectivity index (χ3n) is 4.17. The van der Waals surface area contributed by atoms with Gasteiger partial charge in [0, 0.05) is 17.1 Å². The number of nitrogens with one attached hydrogen (secondary N) is 1. The lowest BCUT2D eigenvalue weighted by molar-refractivity contribution is 0.118. The van der Waals surface area contributed by atoms with E-state index >= 15 is 0 Å². The highest BCUT2D eigenvalue weighted by molar-refractivity contribution is 5.44. The van der Waals surface area contributed by atoms with Crippen LogP contribution in [0.2, 0.25) is 0 Å². The fourth-order valence-electron chi connectivity index (χ4n) is 3.32. The van der Waals surface area contributed by atoms with Gasteiger partial charge in [0.25, 0.3) is 0 Å². The number of nitrogens with two attached hydrogens (primary N) is 1. The Kier molecular flexibility index (Phi) is 2.22. The molecule has 2 heterocycles. The van der Waals surface area contributed by atoms with Crippen molar-refractivity contribution in [2.24, 2.45) is 5.92 Å². The van der Waals surface area contributed by atoms with Gasteiger partial charge in [0.05, 0.1) is 11.8 Å². The number of hydrogen-bond donors (Lipinski definition) is 3. The van der Waals surface area contributed by atoms with Gasteiger partial charge in [-0.15, -0.1) is 0 Å². The number of nitrogen functional groups attached to an aromatic ring is 1. The number of halogens is 1. The van der Waals surface area contributed by atoms with Crippen molar-refractivity contribution < 1.29 is 9.50 Å². The molecule has 0 spiro atoms. The van der Waals surface area contributed by atoms with Crippen LogP contribution in [-0.2, 0) is 0 Å². The quantitative estimate of drug-likeness (QED) is 0.683. The lowest BCUT2D eigenvalue weighted by atomic mass is 9.72. The third-order valence-corrected chi connectivity index (χ3v) is 4.17. The monoisotopic (exact) mass is 236 g/mol. The molecule has 1 saturated carbocycles. The van der Waals surface area contributed by atoms with Crippen molar-refractivity contribution in [3.8, 4) is 0 Å². The molecule has 3 fully saturated rings. The molecule has 17 heavy (non-hydrogen) atoms. The second kappa shape index (κ2) is 3.43. The summed E-state index contributed by atoms with van der Waals surface area (Å²) in [5.41, 5.74) is 6.07. The fourth-order valence-corrected chi connectivity index (χ4v) is 3.32. The number of rotatable bonds is 2. The standard InChI is InChI=1S/C13H17FN2O/c1-13-5-7(6-13)11(16-13)12(17)8-3-2-4-9(15)10(8)14/h2-4,7,11-12,16-17H,5-6,15H2,1H3/t7?,11-,12?,13?/m1/s1. The molecule has 3 aliphatic rings. The third kappa shape index (κ3) is 1.55. The highest BCUT2D eigenvalue weighted by atomic mass is 19.1. The maximum Gasteiger partial charge on any atom is 0.151 e. The van der Waals surface area contributed by atoms with Gasteiger partial charge < -0.3 is 16.2 Å². The fraction of sp³-hybridized carbons (Fsp3) is 0.538. The molecule has 1 aromatic rings. The van der Waals surface area contributed by atoms with Crippen molar-refractivity contribution in [3.05, 3.63) is 29.6 Å². The van der Waals surface area contributed by atoms with Crippen LogP contribution < -0.4 is 11.1 Å². The summed E-state index contributed by atoms with van der Waals surface area (Å²) in [6.07, 6.45) is 1.32. The Morgan fingerprint density at radius 2 is 2.24 bits per heavy atom. The van der Waals surface area contributed by atoms with Crippen LogP contribution in [0.25, 0.3) is 0 Å². The smallest absolute Gasteiger partial charge is 0.151 e. The van der Waals surface area contributed by atoms with Crippen molar-refractivity contribution >= 4 is 5.69 Å². The lowest BCUT2D eigenvalue weighted by Crippen LogP contribution is -2.40. The summed E-state index contributed by atoms with van der Waals surface area (Å²) >= 11 is 0. The Labute approximate surface area is 99.8 Å². The van der Waals surface area contributed by atoms with Crippen LogP contribution in [0.4, 0.5) is 10.1 Å². The average Bonchev–Trinajstić information content (AvgIpc) is 2.74. The average molecular weight is 236 g/mol. The van der Waals surface area contributed by atoms with Crippen LogP contribution in [-0.4, -0.2) is 16.7 Å². The molecule has 2 aliphatic heterocycles. The van der Waals surface area contributed by atoms with Crippen LogP contribution in [0.15, 0.2) is 18.2 Å². The summed E-state index contributed by atoms with van der Waals surface area (Å²) in [7, 11) is 0. The molecule has 1 unspecified atom stereocenters. The largest absolute Gasteiger partial charge is 0.396 e. The predicted molar refractivity (Wildman–Crippen MR) is 63.8 cm³/mol. The van der Waals surface area contributed by atoms with E-state index in [1.165, 1.54) is 6.07 Å². The number of fused-ring (bicyclic) bond motifs is 1. The molecule has 4 N–H and O–H groups in total. The van der Waals surface area contributed by atoms with Gasteiger partial charge in [0.1, 0.15) is 0 Å². The zero-order valence-corrected chi connectivity index (χ0v) is 9.78. The molecule has 92 valence electrons. The highest BCUT2D eigenvalue weighted by Crippen LogP contribution is 2.50. The van der Waals surface area contributed by atoms with Crippen LogP contribution in [0, 0.1) is 11.7 Å². The molecule has 2 saturated heterocycles. The van der Waals surface area contributed by atoms with Gasteiger partial charge in [-0.05, 0) is 31.7 Å². The van der Waals surface area contributed by atoms with Gasteiger partial charge >= 0.3 is 0 Å². The summed E-state index contributed by atoms with van der Waals surface area (Å²) in [6.45, 7) is 2.14. The van der Waals surface area contributed by atoms with E-state index in [1.807, 2.05) is 0 Å². The molecule has 3 nitrogen and oxygen atoms in total. The second-order valence-corrected chi connectivity index (χ2v) is 5.59. The van der Waals surface area contributed by atoms with Crippen molar-refractivity contribution in [2.45, 2.75) is 37.5 Å². The molecule has 0 aromatic heterocycles. The summed E-state index contributed by atoms with van der Waals surface area (Å²) in [4.78, 5) is 0. The van der Waals surface area contributed by atoms with Gasteiger partial charge in [-0.3, -0.25) is 0 Å². The molecule has 1 aliphatic carbocycles. The van der Waals surface area contributed by atoms with Gasteiger partial charge in [-0.2, -0.15) is 0 Å². The second-order valence-electron chi connectivity index (χ2n) is 5.59. The van der Waals surface area contributed by atoms with Gasteiger partial charge in [-0.1, -0.05) is 12.1 Å². The number of hydrogen-bond acceptors (Lipinski definition) is 3. The Morgan fingerprint density at radius 1 is 1.53 bits per heavy atom. The SMILES string of the molecule is CC12CC(C1)[C@H](C(O)c1cccc(N)c1F)N2. The topological polar surface area (TPSA) is 58.3 Å². The van der Waals surface area contributed by atoms with E-state index in [9.17, 15) is 9.50 Å². The lowest BCUT2D eigenvalue weighted by Gasteiger charge is -2.33. The maximum absolute atomic E-state index is 13.8. The summed E-state index contributed by atoms with van der Waals surface area (Å²) < 4.78 is 13.8. The molecule has 1 aromatic carbocycles. The Balaban J connectivity index is 1.87. The van der Waals surface area contributed by atoms with E-state index in [0.29, 0.717) is 11.5 Å². The number of aliphatic hydroxyl groups excluding tert-OH is 1. The molecular weight excluding hydrogens is 219 g/mol. The van der Waals surface area contributed by atoms with Gasteiger partial charge in [0.2, 0.25) is 0 Å². The minimum Gasteiger partial charge on any atom is -0.396 e. The zero-order valence-electron chi connectivity index (χ0n) is 9.78. The first-order chi connectivity index (χ1) is 8.00. The summed E-state index contributed by atoms with van der Waals surface area (Å²) in [6, 6.07) is 4.75. The van der Waals surface area contributed by atoms with Crippen LogP contribution >= 0.6 is 0 Å². The van der Waals surface area contributed by atoms with Crippen molar-refractivity contribution in [1.29, 1.82) is 0 Å². The van der Waals surface area contributed by atoms with Gasteiger partial charge in [-0.25, -0.2) is 4.39 Å². The number of aliphatic hydroxyl groups is 1. The van der Waals surface area contributed by atoms with E-state index in [4.69, 9.17) is 5.73 Å². The molecule has 4 heteroatoms. The molecular formula is C13H17FN2O. The van der Waals surface area contributed by atoms with E-state index in [1.54, 1.807) is 12.1 Å². The van der Waals surface area contributed by atoms with Crippen molar-refractivity contribution in [2.75, 3.05) is 5.73 Å². The minimum absolute atomic E-state index is 0.0451. The van der Waals surface area contributed by atoms with Crippen molar-refractivity contribution in [3.63, 3.8) is 0 Å². The molecule has 0 amide bonds. The Morgan fingerprint density at radius 3 is 2.82 bits per heavy atom. The molecule has 4 rings (SSSR count). The zero-order chi connectivity index (χ0) is 12.2. The summed E-state index contributed by atoms with van der Waals surface area (Å²) in [5.74, 6) is -0.0353. The van der Waals surface area contributed by atoms with Gasteiger partial charge in [0.15, 0.2) is 5.82 Å². The first-order valence-electron chi connectivity index (χ1n) is 6.00. The van der Waals surface area contributed by atoms with Crippen LogP contribution in [0.5, 0.6) is 0 Å². The predicted octanol–water partition coefficient (Wildman–Crippen LogP) is 1.58.